The molecular weight excluding hydrogens is 394 g/mol. The number of aryl methyl sites for hydroxylation is 1. The summed E-state index contributed by atoms with van der Waals surface area (Å²) < 4.78 is 19.4. The van der Waals surface area contributed by atoms with Crippen LogP contribution < -0.4 is 10.1 Å². The second kappa shape index (κ2) is 8.59. The average molecular weight is 421 g/mol. The summed E-state index contributed by atoms with van der Waals surface area (Å²) in [6.45, 7) is 4.01. The number of fused-ring (bicyclic) bond motifs is 4. The first-order valence-electron chi connectivity index (χ1n) is 11.0. The van der Waals surface area contributed by atoms with E-state index >= 15 is 0 Å². The van der Waals surface area contributed by atoms with Gasteiger partial charge in [0.25, 0.3) is 0 Å². The molecule has 31 heavy (non-hydrogen) atoms. The zero-order chi connectivity index (χ0) is 21.2. The highest BCUT2D eigenvalue weighted by Gasteiger charge is 2.22. The molecule has 1 fully saturated rings. The third-order valence-corrected chi connectivity index (χ3v) is 5.95. The van der Waals surface area contributed by atoms with Gasteiger partial charge in [-0.1, -0.05) is 12.1 Å². The summed E-state index contributed by atoms with van der Waals surface area (Å²) in [5.41, 5.74) is 4.94. The molecular formula is C24H27N3O4. The first-order valence-corrected chi connectivity index (χ1v) is 11.0. The predicted molar refractivity (Wildman–Crippen MR) is 117 cm³/mol. The molecule has 7 nitrogen and oxygen atoms in total. The SMILES string of the molecule is Cc1ccc2cc1COC(=O)NCCCOc1ccc3c(c1)c-2nn3C1CCCCO1. The molecule has 0 radical (unpaired) electrons. The molecule has 0 spiro atoms. The van der Waals surface area contributed by atoms with E-state index in [-0.39, 0.29) is 12.8 Å². The van der Waals surface area contributed by atoms with Crippen LogP contribution in [-0.4, -0.2) is 35.6 Å². The number of ether oxygens (including phenoxy) is 3. The molecule has 5 rings (SSSR count). The number of nitrogens with zero attached hydrogens (tertiary/aromatic N) is 2. The van der Waals surface area contributed by atoms with Gasteiger partial charge in [0.05, 0.1) is 12.1 Å². The van der Waals surface area contributed by atoms with Crippen molar-refractivity contribution in [3.63, 3.8) is 0 Å². The summed E-state index contributed by atoms with van der Waals surface area (Å²) in [5.74, 6) is 0.794. The van der Waals surface area contributed by atoms with Crippen LogP contribution in [0, 0.1) is 6.92 Å². The van der Waals surface area contributed by atoms with Gasteiger partial charge in [-0.2, -0.15) is 5.10 Å². The van der Waals surface area contributed by atoms with Crippen molar-refractivity contribution in [3.8, 4) is 17.0 Å². The van der Waals surface area contributed by atoms with Gasteiger partial charge in [-0.25, -0.2) is 9.48 Å². The molecule has 1 saturated heterocycles. The van der Waals surface area contributed by atoms with Crippen molar-refractivity contribution in [1.29, 1.82) is 0 Å². The van der Waals surface area contributed by atoms with Crippen molar-refractivity contribution >= 4 is 17.0 Å². The van der Waals surface area contributed by atoms with Crippen LogP contribution in [0.1, 0.15) is 43.0 Å². The van der Waals surface area contributed by atoms with Crippen molar-refractivity contribution in [1.82, 2.24) is 15.1 Å². The van der Waals surface area contributed by atoms with Crippen molar-refractivity contribution in [2.75, 3.05) is 19.8 Å². The third-order valence-electron chi connectivity index (χ3n) is 5.95. The summed E-state index contributed by atoms with van der Waals surface area (Å²) in [7, 11) is 0. The van der Waals surface area contributed by atoms with E-state index in [1.54, 1.807) is 0 Å². The van der Waals surface area contributed by atoms with Gasteiger partial charge in [-0.05, 0) is 68.0 Å². The standard InChI is InChI=1S/C24H27N3O4/c1-16-6-7-17-13-18(16)15-31-24(28)25-10-4-12-29-19-8-9-21-20(14-19)23(17)26-27(21)22-5-2-3-11-30-22/h6-9,13-14,22H,2-5,10-12,15H2,1H3,(H,25,28). The topological polar surface area (TPSA) is 74.6 Å². The van der Waals surface area contributed by atoms with Gasteiger partial charge in [0.15, 0.2) is 6.23 Å². The maximum atomic E-state index is 12.0. The van der Waals surface area contributed by atoms with Gasteiger partial charge in [0.1, 0.15) is 18.1 Å². The molecule has 1 atom stereocenters. The lowest BCUT2D eigenvalue weighted by atomic mass is 10.0. The normalized spacial score (nSPS) is 19.8. The number of nitrogens with one attached hydrogen (secondary N) is 1. The Hall–Kier alpha value is -3.06. The Morgan fingerprint density at radius 3 is 2.87 bits per heavy atom. The second-order valence-electron chi connectivity index (χ2n) is 8.14. The van der Waals surface area contributed by atoms with Gasteiger partial charge in [0, 0.05) is 24.1 Å². The largest absolute Gasteiger partial charge is 0.494 e. The molecule has 162 valence electrons. The van der Waals surface area contributed by atoms with Gasteiger partial charge in [0.2, 0.25) is 0 Å². The zero-order valence-corrected chi connectivity index (χ0v) is 17.7. The van der Waals surface area contributed by atoms with Crippen LogP contribution in [0.25, 0.3) is 22.2 Å². The Morgan fingerprint density at radius 1 is 1.06 bits per heavy atom. The van der Waals surface area contributed by atoms with Gasteiger partial charge in [-0.15, -0.1) is 0 Å². The van der Waals surface area contributed by atoms with Gasteiger partial charge in [-0.3, -0.25) is 0 Å². The van der Waals surface area contributed by atoms with E-state index in [0.29, 0.717) is 19.6 Å². The van der Waals surface area contributed by atoms with Gasteiger partial charge < -0.3 is 19.5 Å². The molecule has 7 heteroatoms. The highest BCUT2D eigenvalue weighted by Crippen LogP contribution is 2.35. The average Bonchev–Trinajstić information content (AvgIpc) is 3.17. The number of cyclic esters (lactones) is 1. The fourth-order valence-electron chi connectivity index (χ4n) is 4.18. The fourth-order valence-corrected chi connectivity index (χ4v) is 4.18. The monoisotopic (exact) mass is 421 g/mol. The minimum atomic E-state index is -0.415. The molecule has 1 unspecified atom stereocenters. The molecule has 2 aliphatic rings. The van der Waals surface area contributed by atoms with E-state index in [1.807, 2.05) is 23.7 Å². The quantitative estimate of drug-likeness (QED) is 0.615. The van der Waals surface area contributed by atoms with Gasteiger partial charge >= 0.3 is 6.09 Å². The lowest BCUT2D eigenvalue weighted by Crippen LogP contribution is -2.26. The van der Waals surface area contributed by atoms with E-state index in [4.69, 9.17) is 19.3 Å². The highest BCUT2D eigenvalue weighted by molar-refractivity contribution is 5.94. The predicted octanol–water partition coefficient (Wildman–Crippen LogP) is 4.72. The van der Waals surface area contributed by atoms with Crippen molar-refractivity contribution in [2.45, 2.75) is 45.4 Å². The summed E-state index contributed by atoms with van der Waals surface area (Å²) in [6.07, 6.45) is 3.41. The number of hydrogen-bond donors (Lipinski definition) is 1. The molecule has 1 N–H and O–H groups in total. The van der Waals surface area contributed by atoms with Crippen LogP contribution in [0.5, 0.6) is 5.75 Å². The Balaban J connectivity index is 1.64. The highest BCUT2D eigenvalue weighted by atomic mass is 16.5. The maximum absolute atomic E-state index is 12.0. The molecule has 3 aromatic rings. The van der Waals surface area contributed by atoms with Crippen LogP contribution in [-0.2, 0) is 16.1 Å². The number of alkyl carbamates (subject to hydrolysis) is 1. The minimum absolute atomic E-state index is 0.0562. The maximum Gasteiger partial charge on any atom is 0.407 e. The number of aromatic nitrogens is 2. The van der Waals surface area contributed by atoms with E-state index in [1.165, 1.54) is 0 Å². The lowest BCUT2D eigenvalue weighted by Gasteiger charge is -2.23. The van der Waals surface area contributed by atoms with E-state index in [0.717, 1.165) is 64.9 Å². The first kappa shape index (κ1) is 19.9. The fraction of sp³-hybridized carbons (Fsp3) is 0.417. The summed E-state index contributed by atoms with van der Waals surface area (Å²) in [6, 6.07) is 12.3. The van der Waals surface area contributed by atoms with E-state index < -0.39 is 6.09 Å². The van der Waals surface area contributed by atoms with Crippen molar-refractivity contribution in [2.24, 2.45) is 0 Å². The molecule has 2 aliphatic heterocycles. The molecule has 1 amide bonds. The lowest BCUT2D eigenvalue weighted by molar-refractivity contribution is -0.0365. The summed E-state index contributed by atoms with van der Waals surface area (Å²) in [5, 5.41) is 8.80. The number of rotatable bonds is 1. The zero-order valence-electron chi connectivity index (χ0n) is 17.7. The van der Waals surface area contributed by atoms with Crippen LogP contribution >= 0.6 is 0 Å². The third kappa shape index (κ3) is 4.10. The second-order valence-corrected chi connectivity index (χ2v) is 8.14. The Kier molecular flexibility index (Phi) is 5.51. The van der Waals surface area contributed by atoms with Crippen molar-refractivity contribution < 1.29 is 19.0 Å². The number of carbonyl (C=O) groups excluding carboxylic acids is 1. The number of carbonyl (C=O) groups is 1. The van der Waals surface area contributed by atoms with Crippen LogP contribution in [0.4, 0.5) is 4.79 Å². The Morgan fingerprint density at radius 2 is 2.00 bits per heavy atom. The van der Waals surface area contributed by atoms with Crippen LogP contribution in [0.2, 0.25) is 0 Å². The minimum Gasteiger partial charge on any atom is -0.494 e. The molecule has 4 bridgehead atoms. The number of hydrogen-bond acceptors (Lipinski definition) is 5. The molecule has 1 aromatic heterocycles. The number of benzene rings is 2. The number of amides is 1. The smallest absolute Gasteiger partial charge is 0.407 e. The molecule has 2 aromatic carbocycles. The van der Waals surface area contributed by atoms with Crippen LogP contribution in [0.3, 0.4) is 0 Å². The molecule has 3 heterocycles. The van der Waals surface area contributed by atoms with E-state index in [2.05, 4.69) is 29.6 Å². The van der Waals surface area contributed by atoms with Crippen LogP contribution in [0.15, 0.2) is 36.4 Å². The molecule has 0 saturated carbocycles. The van der Waals surface area contributed by atoms with E-state index in [9.17, 15) is 4.79 Å². The molecule has 0 aliphatic carbocycles. The Labute approximate surface area is 181 Å². The Bertz CT molecular complexity index is 1100. The van der Waals surface area contributed by atoms with Crippen molar-refractivity contribution in [3.05, 3.63) is 47.5 Å². The summed E-state index contributed by atoms with van der Waals surface area (Å²) >= 11 is 0. The summed E-state index contributed by atoms with van der Waals surface area (Å²) in [4.78, 5) is 12.0. The first-order chi connectivity index (χ1) is 15.2.